The molecule has 0 spiro atoms. The number of carbonyl (C=O) groups excluding carboxylic acids is 2. The number of aliphatic hydroxyl groups excluding tert-OH is 1. The average Bonchev–Trinajstić information content (AvgIpc) is 2.85. The summed E-state index contributed by atoms with van der Waals surface area (Å²) in [5.74, 6) is -2.24. The molecule has 0 radical (unpaired) electrons. The predicted octanol–water partition coefficient (Wildman–Crippen LogP) is 3.14. The van der Waals surface area contributed by atoms with E-state index in [2.05, 4.69) is 25.4 Å². The number of sulfonamides is 1. The molecule has 3 rings (SSSR count). The van der Waals surface area contributed by atoms with Crippen molar-refractivity contribution < 1.29 is 50.5 Å². The Morgan fingerprint density at radius 1 is 1.14 bits per heavy atom. The summed E-state index contributed by atoms with van der Waals surface area (Å²) < 4.78 is 83.3. The fourth-order valence-electron chi connectivity index (χ4n) is 3.80. The summed E-state index contributed by atoms with van der Waals surface area (Å²) in [7, 11) is -2.59. The third-order valence-electron chi connectivity index (χ3n) is 5.60. The number of fused-ring (bicyclic) bond motifs is 1. The highest BCUT2D eigenvalue weighted by atomic mass is 79.9. The number of nitrogens with zero attached hydrogens (tertiary/aromatic N) is 1. The number of anilines is 1. The van der Waals surface area contributed by atoms with Crippen LogP contribution in [0.3, 0.4) is 0 Å². The van der Waals surface area contributed by atoms with Crippen molar-refractivity contribution in [3.8, 4) is 5.75 Å². The van der Waals surface area contributed by atoms with Crippen molar-refractivity contribution in [3.05, 3.63) is 52.5 Å². The van der Waals surface area contributed by atoms with Crippen molar-refractivity contribution in [2.45, 2.75) is 23.6 Å². The van der Waals surface area contributed by atoms with Crippen LogP contribution in [-0.4, -0.2) is 58.9 Å². The second-order valence-corrected chi connectivity index (χ2v) is 10.6. The van der Waals surface area contributed by atoms with E-state index >= 15 is 0 Å². The van der Waals surface area contributed by atoms with Crippen molar-refractivity contribution in [1.82, 2.24) is 0 Å². The zero-order chi connectivity index (χ0) is 26.9. The monoisotopic (exact) mass is 595 g/mol. The van der Waals surface area contributed by atoms with Gasteiger partial charge in [-0.25, -0.2) is 8.42 Å². The number of hydrogen-bond donors (Lipinski definition) is 1. The summed E-state index contributed by atoms with van der Waals surface area (Å²) in [5, 5.41) is 9.95. The Morgan fingerprint density at radius 2 is 1.78 bits per heavy atom. The fourth-order valence-corrected chi connectivity index (χ4v) is 5.70. The molecular formula is C22H21BrF3NO8S. The first-order valence-electron chi connectivity index (χ1n) is 10.2. The molecule has 0 unspecified atom stereocenters. The van der Waals surface area contributed by atoms with E-state index in [-0.39, 0.29) is 11.4 Å². The molecule has 1 aliphatic rings. The molecule has 0 saturated carbocycles. The second kappa shape index (κ2) is 10.3. The summed E-state index contributed by atoms with van der Waals surface area (Å²) in [6, 6.07) is 7.60. The lowest BCUT2D eigenvalue weighted by molar-refractivity contribution is -0.174. The van der Waals surface area contributed by atoms with E-state index in [1.54, 1.807) is 0 Å². The van der Waals surface area contributed by atoms with Gasteiger partial charge in [0.2, 0.25) is 0 Å². The molecule has 0 saturated heterocycles. The van der Waals surface area contributed by atoms with Gasteiger partial charge in [0.25, 0.3) is 10.0 Å². The Balaban J connectivity index is 2.10. The number of carbonyl (C=O) groups is 2. The van der Waals surface area contributed by atoms with Gasteiger partial charge in [-0.1, -0.05) is 22.0 Å². The van der Waals surface area contributed by atoms with E-state index in [0.717, 1.165) is 36.7 Å². The highest BCUT2D eigenvalue weighted by Gasteiger charge is 2.51. The summed E-state index contributed by atoms with van der Waals surface area (Å²) in [5.41, 5.74) is -3.37. The zero-order valence-electron chi connectivity index (χ0n) is 18.9. The number of methoxy groups -OCH3 is 2. The first kappa shape index (κ1) is 27.7. The molecule has 36 heavy (non-hydrogen) atoms. The molecule has 0 bridgehead atoms. The van der Waals surface area contributed by atoms with E-state index < -0.39 is 69.7 Å². The van der Waals surface area contributed by atoms with E-state index in [4.69, 9.17) is 4.74 Å². The minimum Gasteiger partial charge on any atom is -0.486 e. The highest BCUT2D eigenvalue weighted by Crippen LogP contribution is 2.42. The Labute approximate surface area is 212 Å². The number of alkyl halides is 3. The van der Waals surface area contributed by atoms with Gasteiger partial charge in [0.1, 0.15) is 11.9 Å². The number of halogens is 4. The summed E-state index contributed by atoms with van der Waals surface area (Å²) in [6.07, 6.45) is -6.53. The predicted molar refractivity (Wildman–Crippen MR) is 123 cm³/mol. The second-order valence-electron chi connectivity index (χ2n) is 7.84. The van der Waals surface area contributed by atoms with Crippen LogP contribution in [0.4, 0.5) is 18.9 Å². The Morgan fingerprint density at radius 3 is 2.33 bits per heavy atom. The highest BCUT2D eigenvalue weighted by molar-refractivity contribution is 9.10. The molecule has 0 amide bonds. The van der Waals surface area contributed by atoms with Crippen LogP contribution in [0, 0.1) is 5.41 Å². The van der Waals surface area contributed by atoms with Crippen molar-refractivity contribution in [2.24, 2.45) is 5.41 Å². The molecule has 2 aromatic rings. The zero-order valence-corrected chi connectivity index (χ0v) is 21.3. The fraction of sp³-hybridized carbons (Fsp3) is 0.364. The quantitative estimate of drug-likeness (QED) is 0.383. The van der Waals surface area contributed by atoms with Gasteiger partial charge in [-0.3, -0.25) is 13.9 Å². The minimum absolute atomic E-state index is 0.0174. The van der Waals surface area contributed by atoms with Crippen LogP contribution in [0.25, 0.3) is 0 Å². The summed E-state index contributed by atoms with van der Waals surface area (Å²) in [4.78, 5) is 24.3. The van der Waals surface area contributed by atoms with Crippen LogP contribution in [0.1, 0.15) is 12.0 Å². The lowest BCUT2D eigenvalue weighted by Gasteiger charge is -2.38. The van der Waals surface area contributed by atoms with E-state index in [1.165, 1.54) is 18.2 Å². The minimum atomic E-state index is -4.78. The number of benzene rings is 2. The van der Waals surface area contributed by atoms with Gasteiger partial charge in [0.05, 0.1) is 43.5 Å². The van der Waals surface area contributed by atoms with E-state index in [1.807, 2.05) is 0 Å². The van der Waals surface area contributed by atoms with Crippen LogP contribution in [0.5, 0.6) is 5.75 Å². The molecule has 0 fully saturated rings. The largest absolute Gasteiger partial charge is 0.486 e. The van der Waals surface area contributed by atoms with Gasteiger partial charge >= 0.3 is 18.1 Å². The molecule has 9 nitrogen and oxygen atoms in total. The maximum Gasteiger partial charge on any atom is 0.416 e. The van der Waals surface area contributed by atoms with Crippen LogP contribution < -0.4 is 9.04 Å². The van der Waals surface area contributed by atoms with Crippen molar-refractivity contribution in [3.63, 3.8) is 0 Å². The Kier molecular flexibility index (Phi) is 7.91. The standard InChI is InChI=1S/C22H21BrF3NO8S/c1-33-19(29)21(12-28,20(30)34-2)10-15-11-27(17-9-14(23)6-7-18(17)35-15)36(31,32)16-5-3-4-13(8-16)22(24,25)26/h3-9,15,28H,10-12H2,1-2H3/t15-/m0/s1. The molecule has 0 aromatic heterocycles. The maximum atomic E-state index is 13.6. The number of hydrogen-bond acceptors (Lipinski definition) is 8. The molecule has 2 aromatic carbocycles. The topological polar surface area (TPSA) is 119 Å². The van der Waals surface area contributed by atoms with Crippen molar-refractivity contribution in [1.29, 1.82) is 0 Å². The first-order chi connectivity index (χ1) is 16.8. The van der Waals surface area contributed by atoms with Gasteiger partial charge in [-0.05, 0) is 36.4 Å². The average molecular weight is 596 g/mol. The lowest BCUT2D eigenvalue weighted by Crippen LogP contribution is -2.51. The molecule has 1 atom stereocenters. The lowest BCUT2D eigenvalue weighted by atomic mass is 9.82. The van der Waals surface area contributed by atoms with Crippen LogP contribution >= 0.6 is 15.9 Å². The molecule has 196 valence electrons. The third kappa shape index (κ3) is 5.15. The summed E-state index contributed by atoms with van der Waals surface area (Å²) >= 11 is 3.23. The number of rotatable bonds is 7. The first-order valence-corrected chi connectivity index (χ1v) is 12.5. The smallest absolute Gasteiger partial charge is 0.416 e. The van der Waals surface area contributed by atoms with Gasteiger partial charge in [0, 0.05) is 10.9 Å². The van der Waals surface area contributed by atoms with Gasteiger partial charge in [0.15, 0.2) is 5.41 Å². The number of ether oxygens (including phenoxy) is 3. The number of esters is 2. The van der Waals surface area contributed by atoms with Crippen LogP contribution in [-0.2, 0) is 35.3 Å². The molecule has 14 heteroatoms. The molecule has 1 aliphatic heterocycles. The Hall–Kier alpha value is -2.84. The number of aliphatic hydroxyl groups is 1. The van der Waals surface area contributed by atoms with Gasteiger partial charge < -0.3 is 19.3 Å². The normalized spacial score (nSPS) is 16.1. The SMILES string of the molecule is COC(=O)C(CO)(C[C@H]1CN(S(=O)(=O)c2cccc(C(F)(F)F)c2)c2cc(Br)ccc2O1)C(=O)OC. The van der Waals surface area contributed by atoms with Crippen molar-refractivity contribution in [2.75, 3.05) is 31.7 Å². The molecule has 1 heterocycles. The van der Waals surface area contributed by atoms with E-state index in [9.17, 15) is 36.3 Å². The summed E-state index contributed by atoms with van der Waals surface area (Å²) in [6.45, 7) is -1.53. The molecular weight excluding hydrogens is 575 g/mol. The van der Waals surface area contributed by atoms with Crippen molar-refractivity contribution >= 4 is 43.6 Å². The van der Waals surface area contributed by atoms with Crippen LogP contribution in [0.15, 0.2) is 51.8 Å². The Bertz CT molecular complexity index is 1250. The van der Waals surface area contributed by atoms with Gasteiger partial charge in [-0.15, -0.1) is 0 Å². The van der Waals surface area contributed by atoms with E-state index in [0.29, 0.717) is 10.5 Å². The third-order valence-corrected chi connectivity index (χ3v) is 7.87. The maximum absolute atomic E-state index is 13.6. The van der Waals surface area contributed by atoms with Gasteiger partial charge in [-0.2, -0.15) is 13.2 Å². The van der Waals surface area contributed by atoms with Crippen LogP contribution in [0.2, 0.25) is 0 Å². The molecule has 0 aliphatic carbocycles. The molecule has 1 N–H and O–H groups in total.